The monoisotopic (exact) mass is 93.0 g/mol. The van der Waals surface area contributed by atoms with Crippen LogP contribution in [0.25, 0.3) is 0 Å². The molecule has 1 amide bonds. The maximum atomic E-state index is 8.78. The lowest BCUT2D eigenvalue weighted by molar-refractivity contribution is 0.205. The van der Waals surface area contributed by atoms with E-state index in [-0.39, 0.29) is 0 Å². The van der Waals surface area contributed by atoms with Crippen molar-refractivity contribution in [3.8, 4) is 0 Å². The van der Waals surface area contributed by atoms with Crippen molar-refractivity contribution < 1.29 is 15.0 Å². The number of aliphatic hydroxyl groups excluding tert-OH is 1. The number of nitrogens with two attached hydrogens (primary N) is 1. The average molecular weight is 93.1 g/mol. The summed E-state index contributed by atoms with van der Waals surface area (Å²) < 4.78 is 0. The molecule has 0 aliphatic carbocycles. The number of carbonyl (C=O) groups is 1. The quantitative estimate of drug-likeness (QED) is 0.367. The van der Waals surface area contributed by atoms with Crippen molar-refractivity contribution >= 4 is 6.09 Å². The van der Waals surface area contributed by atoms with E-state index in [0.717, 1.165) is 7.11 Å². The summed E-state index contributed by atoms with van der Waals surface area (Å²) in [7, 11) is 1.00. The largest absolute Gasteiger partial charge is 0.465 e. The fourth-order valence-electron chi connectivity index (χ4n) is 0. The third-order valence-electron chi connectivity index (χ3n) is 0. The number of rotatable bonds is 0. The van der Waals surface area contributed by atoms with Crippen LogP contribution < -0.4 is 5.73 Å². The van der Waals surface area contributed by atoms with Gasteiger partial charge in [-0.25, -0.2) is 4.79 Å². The SMILES string of the molecule is CO.NC(=O)O. The molecule has 0 aromatic carbocycles. The summed E-state index contributed by atoms with van der Waals surface area (Å²) in [6.45, 7) is 0. The molecule has 0 rings (SSSR count). The molecule has 0 saturated heterocycles. The molecule has 38 valence electrons. The molecule has 0 aliphatic rings. The Morgan fingerprint density at radius 2 is 1.67 bits per heavy atom. The summed E-state index contributed by atoms with van der Waals surface area (Å²) in [5, 5.41) is 14.2. The lowest BCUT2D eigenvalue weighted by Crippen LogP contribution is -2.03. The highest BCUT2D eigenvalue weighted by Crippen LogP contribution is 1.34. The molecule has 0 atom stereocenters. The van der Waals surface area contributed by atoms with E-state index in [4.69, 9.17) is 15.0 Å². The Morgan fingerprint density at radius 1 is 1.67 bits per heavy atom. The number of hydrogen-bond acceptors (Lipinski definition) is 2. The molecule has 4 N–H and O–H groups in total. The molecule has 0 bridgehead atoms. The van der Waals surface area contributed by atoms with E-state index in [1.54, 1.807) is 0 Å². The second-order valence-electron chi connectivity index (χ2n) is 0.338. The average Bonchev–Trinajstić information content (AvgIpc) is 1.41. The normalized spacial score (nSPS) is 5.00. The smallest absolute Gasteiger partial charge is 0.402 e. The Balaban J connectivity index is 0. The summed E-state index contributed by atoms with van der Waals surface area (Å²) in [5.41, 5.74) is 4.03. The van der Waals surface area contributed by atoms with Crippen LogP contribution in [0.2, 0.25) is 0 Å². The van der Waals surface area contributed by atoms with E-state index in [9.17, 15) is 0 Å². The lowest BCUT2D eigenvalue weighted by atomic mass is 11.3. The van der Waals surface area contributed by atoms with Gasteiger partial charge in [-0.3, -0.25) is 0 Å². The van der Waals surface area contributed by atoms with E-state index in [2.05, 4.69) is 5.73 Å². The number of primary amides is 1. The molecule has 0 aromatic heterocycles. The van der Waals surface area contributed by atoms with Gasteiger partial charge in [0.15, 0.2) is 0 Å². The van der Waals surface area contributed by atoms with Crippen molar-refractivity contribution in [3.63, 3.8) is 0 Å². The summed E-state index contributed by atoms with van der Waals surface area (Å²) >= 11 is 0. The second-order valence-corrected chi connectivity index (χ2v) is 0.338. The van der Waals surface area contributed by atoms with Gasteiger partial charge in [0.2, 0.25) is 0 Å². The molecule has 0 fully saturated rings. The first-order chi connectivity index (χ1) is 2.73. The molecule has 0 saturated carbocycles. The fourth-order valence-corrected chi connectivity index (χ4v) is 0. The summed E-state index contributed by atoms with van der Waals surface area (Å²) in [6.07, 6.45) is -1.33. The van der Waals surface area contributed by atoms with Crippen molar-refractivity contribution in [1.29, 1.82) is 0 Å². The van der Waals surface area contributed by atoms with Crippen molar-refractivity contribution in [1.82, 2.24) is 0 Å². The standard InChI is InChI=1S/CH3NO2.CH4O/c2-1(3)4;1-2/h2H2,(H,3,4);2H,1H3. The Kier molecular flexibility index (Phi) is 13.3. The van der Waals surface area contributed by atoms with E-state index in [1.807, 2.05) is 0 Å². The molecule has 0 radical (unpaired) electrons. The first-order valence-electron chi connectivity index (χ1n) is 1.16. The Bertz CT molecular complexity index is 31.8. The van der Waals surface area contributed by atoms with Crippen LogP contribution >= 0.6 is 0 Å². The zero-order chi connectivity index (χ0) is 5.58. The van der Waals surface area contributed by atoms with Gasteiger partial charge >= 0.3 is 6.09 Å². The predicted octanol–water partition coefficient (Wildman–Crippen LogP) is -0.768. The maximum absolute atomic E-state index is 8.78. The first kappa shape index (κ1) is 8.97. The molecule has 0 unspecified atom stereocenters. The highest BCUT2D eigenvalue weighted by atomic mass is 16.4. The fraction of sp³-hybridized carbons (Fsp3) is 0.500. The van der Waals surface area contributed by atoms with Crippen LogP contribution in [-0.2, 0) is 0 Å². The highest BCUT2D eigenvalue weighted by Gasteiger charge is 1.65. The van der Waals surface area contributed by atoms with Crippen molar-refractivity contribution in [2.75, 3.05) is 7.11 Å². The molecule has 4 heteroatoms. The van der Waals surface area contributed by atoms with Gasteiger partial charge < -0.3 is 15.9 Å². The number of aliphatic hydroxyl groups is 1. The Morgan fingerprint density at radius 3 is 1.67 bits per heavy atom. The molecule has 4 nitrogen and oxygen atoms in total. The Hall–Kier alpha value is -0.770. The van der Waals surface area contributed by atoms with Crippen molar-refractivity contribution in [2.45, 2.75) is 0 Å². The zero-order valence-electron chi connectivity index (χ0n) is 3.38. The van der Waals surface area contributed by atoms with Crippen LogP contribution in [0.5, 0.6) is 0 Å². The van der Waals surface area contributed by atoms with E-state index in [0.29, 0.717) is 0 Å². The molecule has 6 heavy (non-hydrogen) atoms. The topological polar surface area (TPSA) is 83.5 Å². The first-order valence-corrected chi connectivity index (χ1v) is 1.16. The maximum Gasteiger partial charge on any atom is 0.402 e. The number of hydrogen-bond donors (Lipinski definition) is 3. The molecule has 0 spiro atoms. The third-order valence-corrected chi connectivity index (χ3v) is 0. The van der Waals surface area contributed by atoms with Crippen molar-refractivity contribution in [2.24, 2.45) is 5.73 Å². The van der Waals surface area contributed by atoms with Gasteiger partial charge in [-0.15, -0.1) is 0 Å². The van der Waals surface area contributed by atoms with E-state index < -0.39 is 6.09 Å². The minimum atomic E-state index is -1.33. The minimum Gasteiger partial charge on any atom is -0.465 e. The molecule has 0 heterocycles. The lowest BCUT2D eigenvalue weighted by Gasteiger charge is -1.61. The Labute approximate surface area is 35.2 Å². The second kappa shape index (κ2) is 8.87. The van der Waals surface area contributed by atoms with Gasteiger partial charge in [-0.1, -0.05) is 0 Å². The van der Waals surface area contributed by atoms with Crippen LogP contribution in [0.3, 0.4) is 0 Å². The van der Waals surface area contributed by atoms with E-state index >= 15 is 0 Å². The molecular formula is C2H7NO3. The van der Waals surface area contributed by atoms with Crippen LogP contribution in [0.15, 0.2) is 0 Å². The third kappa shape index (κ3) is 27.1. The van der Waals surface area contributed by atoms with Gasteiger partial charge in [-0.2, -0.15) is 0 Å². The highest BCUT2D eigenvalue weighted by molar-refractivity contribution is 5.61. The summed E-state index contributed by atoms with van der Waals surface area (Å²) in [5.74, 6) is 0. The van der Waals surface area contributed by atoms with Gasteiger partial charge in [-0.05, 0) is 0 Å². The van der Waals surface area contributed by atoms with E-state index in [1.165, 1.54) is 0 Å². The van der Waals surface area contributed by atoms with Crippen LogP contribution in [0.1, 0.15) is 0 Å². The molecule has 0 aromatic rings. The summed E-state index contributed by atoms with van der Waals surface area (Å²) in [6, 6.07) is 0. The predicted molar refractivity (Wildman–Crippen MR) is 20.4 cm³/mol. The van der Waals surface area contributed by atoms with Crippen LogP contribution in [0, 0.1) is 0 Å². The van der Waals surface area contributed by atoms with Gasteiger partial charge in [0, 0.05) is 7.11 Å². The van der Waals surface area contributed by atoms with Gasteiger partial charge in [0.05, 0.1) is 0 Å². The van der Waals surface area contributed by atoms with Gasteiger partial charge in [0.1, 0.15) is 0 Å². The number of carboxylic acid groups (broad SMARTS) is 1. The summed E-state index contributed by atoms with van der Waals surface area (Å²) in [4.78, 5) is 8.78. The van der Waals surface area contributed by atoms with Crippen molar-refractivity contribution in [3.05, 3.63) is 0 Å². The molecular weight excluding hydrogens is 86.0 g/mol. The number of amides is 1. The molecule has 0 aliphatic heterocycles. The zero-order valence-corrected chi connectivity index (χ0v) is 3.38. The minimum absolute atomic E-state index is 1.00. The van der Waals surface area contributed by atoms with Crippen LogP contribution in [-0.4, -0.2) is 23.4 Å². The van der Waals surface area contributed by atoms with Crippen LogP contribution in [0.4, 0.5) is 4.79 Å². The van der Waals surface area contributed by atoms with Gasteiger partial charge in [0.25, 0.3) is 0 Å².